The zero-order valence-corrected chi connectivity index (χ0v) is 83.9. The fraction of sp³-hybridized carbons (Fsp3) is 0.708. The van der Waals surface area contributed by atoms with Gasteiger partial charge in [-0.1, -0.05) is 104 Å². The highest BCUT2D eigenvalue weighted by atomic mass is 33.1. The van der Waals surface area contributed by atoms with E-state index in [-0.39, 0.29) is 154 Å². The summed E-state index contributed by atoms with van der Waals surface area (Å²) in [5.41, 5.74) is 24.9. The molecular weight excluding hydrogens is 1850 g/mol. The van der Waals surface area contributed by atoms with E-state index in [1.54, 1.807) is 14.0 Å². The minimum Gasteiger partial charge on any atom is -0.449 e. The number of nitrogens with one attached hydrogen (secondary N) is 10. The van der Waals surface area contributed by atoms with Crippen molar-refractivity contribution in [3.63, 3.8) is 0 Å². The van der Waals surface area contributed by atoms with Crippen LogP contribution in [0, 0.1) is 47.3 Å². The number of nitrogens with two attached hydrogens (primary N) is 4. The number of nitrogens with zero attached hydrogens (tertiary/aromatic N) is 6. The Morgan fingerprint density at radius 3 is 1.96 bits per heavy atom. The molecule has 5 aliphatic rings. The molecule has 1 saturated carbocycles. The van der Waals surface area contributed by atoms with Crippen LogP contribution in [0.4, 0.5) is 4.79 Å². The number of alkyl carbamates (subject to hydrolysis) is 1. The third kappa shape index (κ3) is 42.2. The van der Waals surface area contributed by atoms with Gasteiger partial charge in [0.25, 0.3) is 0 Å². The lowest BCUT2D eigenvalue weighted by Crippen LogP contribution is -2.53. The quantitative estimate of drug-likeness (QED) is 0.0191. The number of likely N-dealkylation sites (N-methyl/N-ethyl adjacent to an activating group) is 1. The first-order valence-corrected chi connectivity index (χ1v) is 51.9. The molecule has 15 atom stereocenters. The van der Waals surface area contributed by atoms with E-state index in [1.807, 2.05) is 67.7 Å². The van der Waals surface area contributed by atoms with Gasteiger partial charge >= 0.3 is 6.09 Å². The van der Waals surface area contributed by atoms with Crippen LogP contribution in [-0.4, -0.2) is 292 Å². The normalized spacial score (nSPS) is 20.6. The molecule has 3 aliphatic heterocycles. The van der Waals surface area contributed by atoms with Gasteiger partial charge in [-0.3, -0.25) is 96.2 Å². The van der Waals surface area contributed by atoms with Crippen LogP contribution in [0.3, 0.4) is 0 Å². The van der Waals surface area contributed by atoms with Crippen molar-refractivity contribution in [3.8, 4) is 0 Å². The summed E-state index contributed by atoms with van der Waals surface area (Å²) in [5.74, 6) is -10.8. The summed E-state index contributed by atoms with van der Waals surface area (Å²) in [5, 5.41) is 55.7. The third-order valence-corrected chi connectivity index (χ3v) is 28.6. The lowest BCUT2D eigenvalue weighted by molar-refractivity contribution is -0.140. The fourth-order valence-electron chi connectivity index (χ4n) is 17.7. The Labute approximate surface area is 827 Å². The molecule has 1 aromatic carbocycles. The van der Waals surface area contributed by atoms with Crippen LogP contribution in [-0.2, 0) is 117 Å². The van der Waals surface area contributed by atoms with Gasteiger partial charge in [-0.25, -0.2) is 9.48 Å². The number of amides is 12. The van der Waals surface area contributed by atoms with Crippen molar-refractivity contribution in [1.29, 1.82) is 0 Å². The van der Waals surface area contributed by atoms with E-state index in [0.717, 1.165) is 74.9 Å². The number of primary amides is 1. The molecule has 4 heterocycles. The second-order valence-electron chi connectivity index (χ2n) is 37.6. The minimum absolute atomic E-state index is 0.00572. The van der Waals surface area contributed by atoms with Crippen LogP contribution in [0.15, 0.2) is 35.3 Å². The van der Waals surface area contributed by atoms with E-state index in [9.17, 15) is 101 Å². The first kappa shape index (κ1) is 118. The van der Waals surface area contributed by atoms with E-state index < -0.39 is 169 Å². The van der Waals surface area contributed by atoms with Gasteiger partial charge in [0.05, 0.1) is 74.4 Å². The number of Topliss-reactive ketones (excluding diaryl/α,β-unsaturated/α-hetero) is 7. The second kappa shape index (κ2) is 63.3. The Morgan fingerprint density at radius 1 is 0.643 bits per heavy atom. The number of hydrogen-bond donors (Lipinski definition) is 16. The zero-order chi connectivity index (χ0) is 103. The standard InChI is InChI=1S/C51H80N8O10S2.C45H72N12O12/c1-5-6-16-38(49(67)53-24-22-34-14-8-7-9-15-34)55-51(69)42-19-13-26-59(42)46(64)21-20-43(61)37(17-10-11-23-52)54-48(66)36-29-44(62)39(30-60)56-47(65)35(27-33(2)3)28-45(63)40(32-71-70-31-36)57-50(68)41-18-12-25-58(41)4;1-26(7-4-5-20-57-37-15-13-32-31(12-14-35(37)55-56-57)33(32)25-69-45(68)49-3)42(66)52-23-30(61)10-17-40(64)51-22-29(60)11-18-41(65)53-36(24-58)38(62)21-28(9-16-39(46)63)43(67)54-34(27(2)59)8-6-19-50-44(47)48/h7-9,14-15,33,35-42,60H,5-6,10-13,16-32,52H2,1-4H3,(H,53,67)(H,54,66)(H,55,69)(H,56,65)(H,57,68);26,28,31-34,36,58H,4-25H2,1-3H3,(H2,46,63)(H,49,68)(H,51,64)(H,52,66)(H,53,65)(H,54,67)(H4,47,48,50)/t35-,36+,37+,38-,39+,40+,41+,42+;26-,28+,31+,32-,33+,34-,36-/m10/s1. The number of aliphatic hydroxyl groups is 2. The highest BCUT2D eigenvalue weighted by Crippen LogP contribution is 2.53. The van der Waals surface area contributed by atoms with E-state index in [4.69, 9.17) is 27.7 Å². The van der Waals surface area contributed by atoms with Gasteiger partial charge in [-0.2, -0.15) is 0 Å². The number of hydrogen-bond acceptors (Lipinski definition) is 29. The second-order valence-corrected chi connectivity index (χ2v) is 40.1. The van der Waals surface area contributed by atoms with Gasteiger partial charge in [-0.05, 0) is 178 Å². The predicted octanol–water partition coefficient (Wildman–Crippen LogP) is 1.18. The number of ether oxygens (including phenoxy) is 1. The number of aryl methyl sites for hydroxylation is 2. The van der Waals surface area contributed by atoms with Gasteiger partial charge in [0.2, 0.25) is 65.0 Å². The first-order valence-electron chi connectivity index (χ1n) is 49.5. The van der Waals surface area contributed by atoms with Crippen molar-refractivity contribution in [3.05, 3.63) is 47.3 Å². The molecule has 140 heavy (non-hydrogen) atoms. The number of guanidine groups is 1. The maximum Gasteiger partial charge on any atom is 0.406 e. The van der Waals surface area contributed by atoms with E-state index >= 15 is 0 Å². The number of likely N-dealkylation sites (tertiary alicyclic amines) is 2. The van der Waals surface area contributed by atoms with Crippen LogP contribution >= 0.6 is 21.6 Å². The number of ketones is 7. The SMILES string of the molecule is CCCC[C@@H](NC(=O)[C@@H]1CCCN1C(=O)CCC(=O)[C@H](CCCCN)NC(=O)[C@@H]1CSSC[C@H](NC(=O)[C@@H]2CCCN2C)C(=O)C[C@@H](CC(C)C)C(=O)N[C@@H](CO)C(=O)C1)C(=O)NCCc1ccccc1.CNC(=O)OC[C@@H]1[C@@H]2CCc3nnn(CCCC[C@H](C)C(=O)NCC(=O)CCC(=O)NCC(=O)CCC(=O)N[C@@H](CO)C(=O)C[C@@H](CCC(N)=O)C(=O)N[C@@H](CCCN=C(N)N)C(C)=O)c3CC[C@@H]21. The molecule has 780 valence electrons. The molecule has 12 amide bonds. The van der Waals surface area contributed by atoms with Gasteiger partial charge in [-0.15, -0.1) is 5.10 Å². The van der Waals surface area contributed by atoms with Crippen molar-refractivity contribution in [2.24, 2.45) is 75.3 Å². The Morgan fingerprint density at radius 2 is 1.31 bits per heavy atom. The Hall–Kier alpha value is -10.7. The Balaban J connectivity index is 0.000000429. The number of benzene rings is 1. The first-order chi connectivity index (χ1) is 66.9. The summed E-state index contributed by atoms with van der Waals surface area (Å²) in [4.78, 5) is 255. The van der Waals surface area contributed by atoms with Crippen LogP contribution in [0.5, 0.6) is 0 Å². The molecule has 0 radical (unpaired) electrons. The van der Waals surface area contributed by atoms with Gasteiger partial charge < -0.3 is 96.0 Å². The molecule has 0 unspecified atom stereocenters. The molecule has 7 rings (SSSR count). The maximum atomic E-state index is 14.2. The molecule has 4 fully saturated rings. The number of aliphatic imine (C=N–C) groups is 1. The molecule has 42 nitrogen and oxygen atoms in total. The van der Waals surface area contributed by atoms with Crippen molar-refractivity contribution in [2.75, 3.05) is 91.2 Å². The van der Waals surface area contributed by atoms with Gasteiger partial charge in [0.15, 0.2) is 46.4 Å². The number of fused-ring (bicyclic) bond motifs is 2. The molecule has 2 aromatic rings. The summed E-state index contributed by atoms with van der Waals surface area (Å²) >= 11 is 0. The number of aromatic nitrogens is 3. The third-order valence-electron chi connectivity index (χ3n) is 26.1. The van der Waals surface area contributed by atoms with Crippen molar-refractivity contribution in [2.45, 2.75) is 295 Å². The monoisotopic (exact) mass is 2000 g/mol. The maximum absolute atomic E-state index is 14.2. The number of rotatable bonds is 57. The van der Waals surface area contributed by atoms with E-state index in [1.165, 1.54) is 33.4 Å². The molecule has 44 heteroatoms. The minimum atomic E-state index is -1.45. The summed E-state index contributed by atoms with van der Waals surface area (Å²) in [7, 11) is 5.89. The van der Waals surface area contributed by atoms with Gasteiger partial charge in [0, 0.05) is 127 Å². The van der Waals surface area contributed by atoms with Crippen molar-refractivity contribution >= 4 is 139 Å². The van der Waals surface area contributed by atoms with E-state index in [0.29, 0.717) is 121 Å². The average Bonchev–Trinajstić information content (AvgIpc) is 1.61. The lowest BCUT2D eigenvalue weighted by Gasteiger charge is -2.27. The molecule has 20 N–H and O–H groups in total. The molecular formula is C96H152N20O22S2. The highest BCUT2D eigenvalue weighted by Gasteiger charge is 2.51. The largest absolute Gasteiger partial charge is 0.449 e. The Kier molecular flexibility index (Phi) is 53.3. The lowest BCUT2D eigenvalue weighted by atomic mass is 9.89. The molecule has 1 aromatic heterocycles. The van der Waals surface area contributed by atoms with Crippen LogP contribution in [0.2, 0.25) is 0 Å². The Bertz CT molecular complexity index is 4500. The number of aliphatic hydroxyl groups excluding tert-OH is 2. The van der Waals surface area contributed by atoms with Gasteiger partial charge in [0.1, 0.15) is 24.2 Å². The molecule has 0 spiro atoms. The summed E-state index contributed by atoms with van der Waals surface area (Å²) in [6.45, 7) is 9.73. The van der Waals surface area contributed by atoms with Crippen LogP contribution in [0.1, 0.15) is 238 Å². The number of unbranched alkanes of at least 4 members (excludes halogenated alkanes) is 3. The average molecular weight is 2000 g/mol. The smallest absolute Gasteiger partial charge is 0.406 e. The predicted molar refractivity (Wildman–Crippen MR) is 524 cm³/mol. The fourth-order valence-corrected chi connectivity index (χ4v) is 20.2. The van der Waals surface area contributed by atoms with Crippen LogP contribution < -0.4 is 76.1 Å². The van der Waals surface area contributed by atoms with Crippen LogP contribution in [0.25, 0.3) is 0 Å². The summed E-state index contributed by atoms with van der Waals surface area (Å²) in [6, 6.07) is 2.08. The summed E-state index contributed by atoms with van der Waals surface area (Å²) < 4.78 is 7.26. The van der Waals surface area contributed by atoms with Crippen molar-refractivity contribution in [1.82, 2.24) is 78.0 Å². The topological polar surface area (TPSA) is 648 Å². The highest BCUT2D eigenvalue weighted by molar-refractivity contribution is 8.76. The zero-order valence-electron chi connectivity index (χ0n) is 82.3. The summed E-state index contributed by atoms with van der Waals surface area (Å²) in [6.07, 6.45) is 9.58. The molecule has 3 saturated heterocycles. The number of carbonyl (C=O) groups excluding carboxylic acids is 19. The molecule has 2 aliphatic carbocycles. The van der Waals surface area contributed by atoms with Crippen molar-refractivity contribution < 1.29 is 106 Å². The number of carbonyl (C=O) groups is 19. The van der Waals surface area contributed by atoms with E-state index in [2.05, 4.69) is 68.5 Å². The molecule has 0 bridgehead atoms.